The number of aromatic nitrogens is 2. The lowest BCUT2D eigenvalue weighted by Crippen LogP contribution is -1.91. The highest BCUT2D eigenvalue weighted by molar-refractivity contribution is 5.57. The molecule has 2 rings (SSSR count). The van der Waals surface area contributed by atoms with Crippen molar-refractivity contribution in [3.63, 3.8) is 0 Å². The molecule has 0 atom stereocenters. The molecule has 0 radical (unpaired) electrons. The second kappa shape index (κ2) is 4.65. The first-order valence-corrected chi connectivity index (χ1v) is 5.08. The van der Waals surface area contributed by atoms with Gasteiger partial charge in [0.1, 0.15) is 5.75 Å². The van der Waals surface area contributed by atoms with Gasteiger partial charge in [0.05, 0.1) is 6.61 Å². The van der Waals surface area contributed by atoms with E-state index in [0.29, 0.717) is 18.4 Å². The van der Waals surface area contributed by atoms with E-state index in [-0.39, 0.29) is 0 Å². The molecule has 0 fully saturated rings. The molecule has 0 unspecified atom stereocenters. The van der Waals surface area contributed by atoms with Crippen molar-refractivity contribution in [1.82, 2.24) is 10.1 Å². The van der Waals surface area contributed by atoms with Gasteiger partial charge in [-0.15, -0.1) is 0 Å². The summed E-state index contributed by atoms with van der Waals surface area (Å²) in [5, 5.41) is 6.64. The van der Waals surface area contributed by atoms with Crippen LogP contribution in [0.1, 0.15) is 6.92 Å². The van der Waals surface area contributed by atoms with Crippen molar-refractivity contribution in [2.45, 2.75) is 6.92 Å². The number of nitrogens with one attached hydrogen (secondary N) is 1. The molecule has 84 valence electrons. The molecule has 1 aromatic heterocycles. The van der Waals surface area contributed by atoms with Gasteiger partial charge in [0.15, 0.2) is 0 Å². The molecule has 16 heavy (non-hydrogen) atoms. The van der Waals surface area contributed by atoms with Crippen LogP contribution in [0.25, 0.3) is 11.4 Å². The van der Waals surface area contributed by atoms with Crippen LogP contribution in [0, 0.1) is 0 Å². The third-order valence-electron chi connectivity index (χ3n) is 2.04. The number of benzene rings is 1. The highest BCUT2D eigenvalue weighted by atomic mass is 16.5. The Morgan fingerprint density at radius 2 is 2.31 bits per heavy atom. The van der Waals surface area contributed by atoms with Gasteiger partial charge in [-0.25, -0.2) is 0 Å². The zero-order chi connectivity index (χ0) is 11.4. The molecule has 1 N–H and O–H groups in total. The number of hydrogen-bond donors (Lipinski definition) is 1. The van der Waals surface area contributed by atoms with Gasteiger partial charge in [-0.1, -0.05) is 17.3 Å². The Hall–Kier alpha value is -2.04. The Morgan fingerprint density at radius 1 is 1.44 bits per heavy atom. The Balaban J connectivity index is 2.28. The smallest absolute Gasteiger partial charge is 0.321 e. The predicted octanol–water partition coefficient (Wildman–Crippen LogP) is 2.18. The quantitative estimate of drug-likeness (QED) is 0.853. The molecule has 0 aliphatic heterocycles. The Labute approximate surface area is 93.4 Å². The zero-order valence-electron chi connectivity index (χ0n) is 9.23. The van der Waals surface area contributed by atoms with E-state index in [2.05, 4.69) is 15.5 Å². The van der Waals surface area contributed by atoms with E-state index in [4.69, 9.17) is 9.26 Å². The summed E-state index contributed by atoms with van der Waals surface area (Å²) in [7, 11) is 1.73. The second-order valence-corrected chi connectivity index (χ2v) is 3.13. The number of nitrogens with zero attached hydrogens (tertiary/aromatic N) is 2. The van der Waals surface area contributed by atoms with E-state index >= 15 is 0 Å². The van der Waals surface area contributed by atoms with Gasteiger partial charge in [0, 0.05) is 12.6 Å². The third-order valence-corrected chi connectivity index (χ3v) is 2.04. The van der Waals surface area contributed by atoms with Crippen molar-refractivity contribution in [3.05, 3.63) is 24.3 Å². The number of ether oxygens (including phenoxy) is 1. The summed E-state index contributed by atoms with van der Waals surface area (Å²) in [6, 6.07) is 7.99. The molecule has 0 saturated heterocycles. The predicted molar refractivity (Wildman–Crippen MR) is 60.4 cm³/mol. The van der Waals surface area contributed by atoms with Crippen LogP contribution in [0.2, 0.25) is 0 Å². The van der Waals surface area contributed by atoms with Gasteiger partial charge >= 0.3 is 6.01 Å². The van der Waals surface area contributed by atoms with Gasteiger partial charge in [0.2, 0.25) is 5.82 Å². The van der Waals surface area contributed by atoms with E-state index in [1.54, 1.807) is 7.05 Å². The summed E-state index contributed by atoms with van der Waals surface area (Å²) in [5.74, 6) is 1.35. The lowest BCUT2D eigenvalue weighted by molar-refractivity contribution is 0.340. The number of hydrogen-bond acceptors (Lipinski definition) is 5. The fourth-order valence-electron chi connectivity index (χ4n) is 1.33. The molecule has 0 aliphatic rings. The Morgan fingerprint density at radius 3 is 3.00 bits per heavy atom. The van der Waals surface area contributed by atoms with E-state index in [1.165, 1.54) is 0 Å². The first-order chi connectivity index (χ1) is 7.83. The first-order valence-electron chi connectivity index (χ1n) is 5.08. The lowest BCUT2D eigenvalue weighted by Gasteiger charge is -2.02. The van der Waals surface area contributed by atoms with Crippen molar-refractivity contribution in [2.75, 3.05) is 19.0 Å². The van der Waals surface area contributed by atoms with Crippen molar-refractivity contribution in [1.29, 1.82) is 0 Å². The summed E-state index contributed by atoms with van der Waals surface area (Å²) in [4.78, 5) is 4.16. The van der Waals surface area contributed by atoms with Gasteiger partial charge < -0.3 is 14.6 Å². The van der Waals surface area contributed by atoms with Crippen LogP contribution in [-0.4, -0.2) is 23.8 Å². The highest BCUT2D eigenvalue weighted by Gasteiger charge is 2.07. The van der Waals surface area contributed by atoms with Crippen molar-refractivity contribution >= 4 is 6.01 Å². The minimum atomic E-state index is 0.400. The van der Waals surface area contributed by atoms with Crippen LogP contribution in [0.3, 0.4) is 0 Å². The standard InChI is InChI=1S/C11H13N3O2/c1-3-15-9-6-4-5-8(7-9)10-13-11(12-2)16-14-10/h4-7H,3H2,1-2H3,(H,12,13,14). The van der Waals surface area contributed by atoms with Gasteiger partial charge in [-0.05, 0) is 19.1 Å². The fraction of sp³-hybridized carbons (Fsp3) is 0.273. The van der Waals surface area contributed by atoms with Crippen LogP contribution >= 0.6 is 0 Å². The average molecular weight is 219 g/mol. The average Bonchev–Trinajstić information content (AvgIpc) is 2.78. The molecule has 5 heteroatoms. The Bertz CT molecular complexity index is 468. The molecule has 0 saturated carbocycles. The molecule has 0 bridgehead atoms. The molecule has 0 spiro atoms. The maximum Gasteiger partial charge on any atom is 0.321 e. The molecule has 0 amide bonds. The molecule has 1 heterocycles. The van der Waals surface area contributed by atoms with Crippen molar-refractivity contribution in [3.8, 4) is 17.1 Å². The topological polar surface area (TPSA) is 60.2 Å². The van der Waals surface area contributed by atoms with Gasteiger partial charge in [-0.3, -0.25) is 0 Å². The summed E-state index contributed by atoms with van der Waals surface area (Å²) >= 11 is 0. The molecular weight excluding hydrogens is 206 g/mol. The molecule has 2 aromatic rings. The van der Waals surface area contributed by atoms with Crippen LogP contribution in [0.15, 0.2) is 28.8 Å². The van der Waals surface area contributed by atoms with Gasteiger partial charge in [-0.2, -0.15) is 4.98 Å². The van der Waals surface area contributed by atoms with Crippen LogP contribution in [0.4, 0.5) is 6.01 Å². The monoisotopic (exact) mass is 219 g/mol. The van der Waals surface area contributed by atoms with E-state index in [9.17, 15) is 0 Å². The summed E-state index contributed by atoms with van der Waals surface area (Å²) in [5.41, 5.74) is 0.871. The van der Waals surface area contributed by atoms with E-state index < -0.39 is 0 Å². The van der Waals surface area contributed by atoms with Crippen LogP contribution in [-0.2, 0) is 0 Å². The minimum absolute atomic E-state index is 0.400. The van der Waals surface area contributed by atoms with Crippen molar-refractivity contribution < 1.29 is 9.26 Å². The van der Waals surface area contributed by atoms with Crippen LogP contribution in [0.5, 0.6) is 5.75 Å². The molecule has 1 aromatic carbocycles. The number of rotatable bonds is 4. The van der Waals surface area contributed by atoms with Gasteiger partial charge in [0.25, 0.3) is 0 Å². The second-order valence-electron chi connectivity index (χ2n) is 3.13. The summed E-state index contributed by atoms with van der Waals surface area (Å²) in [6.45, 7) is 2.58. The van der Waals surface area contributed by atoms with Crippen molar-refractivity contribution in [2.24, 2.45) is 0 Å². The zero-order valence-corrected chi connectivity index (χ0v) is 9.23. The SMILES string of the molecule is CCOc1cccc(-c2noc(NC)n2)c1. The van der Waals surface area contributed by atoms with Crippen LogP contribution < -0.4 is 10.1 Å². The first kappa shape index (κ1) is 10.5. The molecule has 0 aliphatic carbocycles. The summed E-state index contributed by atoms with van der Waals surface area (Å²) < 4.78 is 10.4. The summed E-state index contributed by atoms with van der Waals surface area (Å²) in [6.07, 6.45) is 0. The molecule has 5 nitrogen and oxygen atoms in total. The highest BCUT2D eigenvalue weighted by Crippen LogP contribution is 2.22. The van der Waals surface area contributed by atoms with E-state index in [0.717, 1.165) is 11.3 Å². The maximum absolute atomic E-state index is 5.40. The normalized spacial score (nSPS) is 10.1. The largest absolute Gasteiger partial charge is 0.494 e. The number of anilines is 1. The van der Waals surface area contributed by atoms with E-state index in [1.807, 2.05) is 31.2 Å². The molecular formula is C11H13N3O2. The fourth-order valence-corrected chi connectivity index (χ4v) is 1.33. The maximum atomic E-state index is 5.40. The minimum Gasteiger partial charge on any atom is -0.494 e. The Kier molecular flexibility index (Phi) is 3.05. The third kappa shape index (κ3) is 2.13. The lowest BCUT2D eigenvalue weighted by atomic mass is 10.2.